The van der Waals surface area contributed by atoms with Gasteiger partial charge in [0, 0.05) is 17.3 Å². The Balaban J connectivity index is 1.79. The van der Waals surface area contributed by atoms with Crippen LogP contribution in [0, 0.1) is 11.8 Å². The van der Waals surface area contributed by atoms with E-state index in [0.29, 0.717) is 16.9 Å². The first-order valence-corrected chi connectivity index (χ1v) is 8.86. The lowest BCUT2D eigenvalue weighted by Crippen LogP contribution is -2.38. The van der Waals surface area contributed by atoms with Gasteiger partial charge in [0.2, 0.25) is 11.8 Å². The summed E-state index contributed by atoms with van der Waals surface area (Å²) >= 11 is 1.36. The molecule has 1 aliphatic carbocycles. The molecule has 1 aromatic heterocycles. The Hall–Kier alpha value is -1.43. The van der Waals surface area contributed by atoms with Gasteiger partial charge in [0.25, 0.3) is 0 Å². The molecular weight excluding hydrogens is 298 g/mol. The van der Waals surface area contributed by atoms with Crippen molar-refractivity contribution in [2.24, 2.45) is 11.8 Å². The Morgan fingerprint density at radius 2 is 2.00 bits per heavy atom. The summed E-state index contributed by atoms with van der Waals surface area (Å²) in [6, 6.07) is 0.308. The van der Waals surface area contributed by atoms with Crippen LogP contribution in [0.5, 0.6) is 0 Å². The zero-order valence-electron chi connectivity index (χ0n) is 13.5. The molecule has 0 aliphatic heterocycles. The Morgan fingerprint density at radius 1 is 1.32 bits per heavy atom. The molecule has 0 aromatic carbocycles. The van der Waals surface area contributed by atoms with Gasteiger partial charge in [-0.2, -0.15) is 0 Å². The van der Waals surface area contributed by atoms with E-state index in [2.05, 4.69) is 22.5 Å². The molecule has 1 heterocycles. The van der Waals surface area contributed by atoms with Crippen LogP contribution in [0.3, 0.4) is 0 Å². The van der Waals surface area contributed by atoms with Gasteiger partial charge in [0.1, 0.15) is 0 Å². The number of hydrogen-bond acceptors (Lipinski definition) is 4. The van der Waals surface area contributed by atoms with Crippen LogP contribution in [-0.2, 0) is 16.0 Å². The van der Waals surface area contributed by atoms with Crippen LogP contribution in [0.1, 0.15) is 52.1 Å². The third kappa shape index (κ3) is 5.09. The molecule has 0 saturated heterocycles. The van der Waals surface area contributed by atoms with Crippen molar-refractivity contribution in [3.63, 3.8) is 0 Å². The number of rotatable bonds is 5. The zero-order valence-corrected chi connectivity index (χ0v) is 14.3. The molecule has 22 heavy (non-hydrogen) atoms. The second-order valence-corrected chi connectivity index (χ2v) is 7.35. The molecule has 0 bridgehead atoms. The van der Waals surface area contributed by atoms with Crippen LogP contribution < -0.4 is 10.6 Å². The fourth-order valence-electron chi connectivity index (χ4n) is 2.54. The molecule has 0 unspecified atom stereocenters. The van der Waals surface area contributed by atoms with Crippen LogP contribution in [0.2, 0.25) is 0 Å². The van der Waals surface area contributed by atoms with Crippen molar-refractivity contribution in [3.8, 4) is 0 Å². The lowest BCUT2D eigenvalue weighted by Gasteiger charge is -2.26. The van der Waals surface area contributed by atoms with Gasteiger partial charge in [-0.1, -0.05) is 20.8 Å². The summed E-state index contributed by atoms with van der Waals surface area (Å²) < 4.78 is 0. The van der Waals surface area contributed by atoms with E-state index in [1.807, 2.05) is 19.2 Å². The van der Waals surface area contributed by atoms with Crippen molar-refractivity contribution in [2.75, 3.05) is 5.32 Å². The van der Waals surface area contributed by atoms with Gasteiger partial charge in [-0.25, -0.2) is 4.98 Å². The van der Waals surface area contributed by atoms with Crippen LogP contribution in [0.25, 0.3) is 0 Å². The van der Waals surface area contributed by atoms with Crippen molar-refractivity contribution in [1.82, 2.24) is 10.3 Å². The van der Waals surface area contributed by atoms with Crippen molar-refractivity contribution in [1.29, 1.82) is 0 Å². The summed E-state index contributed by atoms with van der Waals surface area (Å²) in [5.74, 6) is 0.663. The van der Waals surface area contributed by atoms with E-state index in [1.165, 1.54) is 24.2 Å². The largest absolute Gasteiger partial charge is 0.353 e. The Kier molecular flexibility index (Phi) is 5.94. The summed E-state index contributed by atoms with van der Waals surface area (Å²) in [5.41, 5.74) is 0.714. The highest BCUT2D eigenvalue weighted by molar-refractivity contribution is 7.13. The number of carbonyl (C=O) groups is 2. The summed E-state index contributed by atoms with van der Waals surface area (Å²) in [6.07, 6.45) is 4.79. The molecule has 2 rings (SSSR count). The summed E-state index contributed by atoms with van der Waals surface area (Å²) in [7, 11) is 0. The van der Waals surface area contributed by atoms with E-state index in [1.54, 1.807) is 0 Å². The highest BCUT2D eigenvalue weighted by atomic mass is 32.1. The molecule has 2 amide bonds. The molecule has 1 saturated carbocycles. The minimum absolute atomic E-state index is 0.0200. The molecule has 2 N–H and O–H groups in total. The second kappa shape index (κ2) is 7.72. The number of nitrogens with zero attached hydrogens (tertiary/aromatic N) is 1. The first kappa shape index (κ1) is 16.9. The Labute approximate surface area is 135 Å². The SMILES string of the molecule is CC1CCC(NC(=O)Cc2csc(NC(=O)C(C)C)n2)CC1. The predicted octanol–water partition coefficient (Wildman–Crippen LogP) is 2.98. The predicted molar refractivity (Wildman–Crippen MR) is 88.8 cm³/mol. The third-order valence-electron chi connectivity index (χ3n) is 4.03. The topological polar surface area (TPSA) is 71.1 Å². The van der Waals surface area contributed by atoms with Gasteiger partial charge in [-0.3, -0.25) is 9.59 Å². The van der Waals surface area contributed by atoms with Crippen molar-refractivity contribution in [2.45, 2.75) is 58.9 Å². The smallest absolute Gasteiger partial charge is 0.228 e. The van der Waals surface area contributed by atoms with E-state index in [0.717, 1.165) is 18.8 Å². The molecule has 1 aromatic rings. The van der Waals surface area contributed by atoms with Crippen molar-refractivity contribution < 1.29 is 9.59 Å². The van der Waals surface area contributed by atoms with E-state index in [-0.39, 0.29) is 24.2 Å². The van der Waals surface area contributed by atoms with Gasteiger partial charge in [-0.15, -0.1) is 11.3 Å². The highest BCUT2D eigenvalue weighted by Gasteiger charge is 2.20. The molecule has 1 aliphatic rings. The van der Waals surface area contributed by atoms with Crippen LogP contribution in [-0.4, -0.2) is 22.8 Å². The minimum Gasteiger partial charge on any atom is -0.353 e. The summed E-state index contributed by atoms with van der Waals surface area (Å²) in [5, 5.41) is 8.25. The molecule has 0 radical (unpaired) electrons. The van der Waals surface area contributed by atoms with Gasteiger partial charge in [-0.05, 0) is 31.6 Å². The van der Waals surface area contributed by atoms with Gasteiger partial charge >= 0.3 is 0 Å². The maximum absolute atomic E-state index is 12.1. The number of anilines is 1. The Morgan fingerprint density at radius 3 is 2.64 bits per heavy atom. The second-order valence-electron chi connectivity index (χ2n) is 6.49. The molecule has 122 valence electrons. The molecule has 0 spiro atoms. The van der Waals surface area contributed by atoms with E-state index in [9.17, 15) is 9.59 Å². The average Bonchev–Trinajstić information content (AvgIpc) is 2.88. The number of carbonyl (C=O) groups excluding carboxylic acids is 2. The van der Waals surface area contributed by atoms with E-state index in [4.69, 9.17) is 0 Å². The number of nitrogens with one attached hydrogen (secondary N) is 2. The van der Waals surface area contributed by atoms with Crippen molar-refractivity contribution >= 4 is 28.3 Å². The maximum Gasteiger partial charge on any atom is 0.228 e. The molecular formula is C16H25N3O2S. The minimum atomic E-state index is -0.0793. The lowest BCUT2D eigenvalue weighted by atomic mass is 9.87. The summed E-state index contributed by atoms with van der Waals surface area (Å²) in [4.78, 5) is 28.0. The monoisotopic (exact) mass is 323 g/mol. The van der Waals surface area contributed by atoms with E-state index >= 15 is 0 Å². The van der Waals surface area contributed by atoms with E-state index < -0.39 is 0 Å². The highest BCUT2D eigenvalue weighted by Crippen LogP contribution is 2.23. The first-order chi connectivity index (χ1) is 10.4. The lowest BCUT2D eigenvalue weighted by molar-refractivity contribution is -0.121. The molecule has 1 fully saturated rings. The summed E-state index contributed by atoms with van der Waals surface area (Å²) in [6.45, 7) is 5.94. The fourth-order valence-corrected chi connectivity index (χ4v) is 3.26. The molecule has 5 nitrogen and oxygen atoms in total. The number of hydrogen-bond donors (Lipinski definition) is 2. The standard InChI is InChI=1S/C16H25N3O2S/c1-10(2)15(21)19-16-18-13(9-22-16)8-14(20)17-12-6-4-11(3)5-7-12/h9-12H,4-8H2,1-3H3,(H,17,20)(H,18,19,21). The van der Waals surface area contributed by atoms with Crippen LogP contribution in [0.15, 0.2) is 5.38 Å². The number of aromatic nitrogens is 1. The van der Waals surface area contributed by atoms with Gasteiger partial charge in [0.05, 0.1) is 12.1 Å². The quantitative estimate of drug-likeness (QED) is 0.875. The molecule has 0 atom stereocenters. The van der Waals surface area contributed by atoms with Gasteiger partial charge < -0.3 is 10.6 Å². The third-order valence-corrected chi connectivity index (χ3v) is 4.84. The zero-order chi connectivity index (χ0) is 16.1. The van der Waals surface area contributed by atoms with Crippen LogP contribution in [0.4, 0.5) is 5.13 Å². The molecule has 6 heteroatoms. The maximum atomic E-state index is 12.1. The first-order valence-electron chi connectivity index (χ1n) is 7.98. The number of amides is 2. The fraction of sp³-hybridized carbons (Fsp3) is 0.688. The van der Waals surface area contributed by atoms with Crippen molar-refractivity contribution in [3.05, 3.63) is 11.1 Å². The number of thiazole rings is 1. The van der Waals surface area contributed by atoms with Gasteiger partial charge in [0.15, 0.2) is 5.13 Å². The normalized spacial score (nSPS) is 21.6. The van der Waals surface area contributed by atoms with Crippen LogP contribution >= 0.6 is 11.3 Å². The average molecular weight is 323 g/mol. The Bertz CT molecular complexity index is 519.